The zero-order chi connectivity index (χ0) is 40.5. The summed E-state index contributed by atoms with van der Waals surface area (Å²) in [6.45, 7) is 0. The third-order valence-electron chi connectivity index (χ3n) is 11.4. The molecule has 0 spiro atoms. The van der Waals surface area contributed by atoms with E-state index >= 15 is 0 Å². The Morgan fingerprint density at radius 1 is 0.295 bits per heavy atom. The summed E-state index contributed by atoms with van der Waals surface area (Å²) >= 11 is 0. The molecule has 0 bridgehead atoms. The normalized spacial score (nSPS) is 11.3. The molecular formula is C57H38N4. The van der Waals surface area contributed by atoms with Crippen molar-refractivity contribution < 1.29 is 0 Å². The minimum Gasteiger partial charge on any atom is -0.310 e. The minimum absolute atomic E-state index is 0.677. The second-order valence-corrected chi connectivity index (χ2v) is 15.2. The van der Waals surface area contributed by atoms with Crippen LogP contribution in [0.4, 0.5) is 17.1 Å². The van der Waals surface area contributed by atoms with Crippen LogP contribution in [0.5, 0.6) is 0 Å². The molecule has 286 valence electrons. The highest BCUT2D eigenvalue weighted by Gasteiger charge is 2.18. The van der Waals surface area contributed by atoms with Crippen molar-refractivity contribution in [3.8, 4) is 56.3 Å². The summed E-state index contributed by atoms with van der Waals surface area (Å²) in [5, 5.41) is 5.80. The van der Waals surface area contributed by atoms with Crippen LogP contribution in [0.25, 0.3) is 88.7 Å². The second-order valence-electron chi connectivity index (χ2n) is 15.2. The molecule has 9 aromatic carbocycles. The Kier molecular flexibility index (Phi) is 9.14. The van der Waals surface area contributed by atoms with E-state index in [0.29, 0.717) is 5.82 Å². The molecule has 0 N–H and O–H groups in total. The van der Waals surface area contributed by atoms with E-state index in [4.69, 9.17) is 15.0 Å². The van der Waals surface area contributed by atoms with E-state index in [0.717, 1.165) is 78.3 Å². The minimum atomic E-state index is 0.677. The lowest BCUT2D eigenvalue weighted by Crippen LogP contribution is -2.09. The Morgan fingerprint density at radius 3 is 1.54 bits per heavy atom. The Balaban J connectivity index is 1.08. The second kappa shape index (κ2) is 15.5. The van der Waals surface area contributed by atoms with Gasteiger partial charge in [0.2, 0.25) is 0 Å². The van der Waals surface area contributed by atoms with Crippen molar-refractivity contribution in [2.24, 2.45) is 0 Å². The van der Waals surface area contributed by atoms with Gasteiger partial charge >= 0.3 is 0 Å². The maximum atomic E-state index is 5.55. The van der Waals surface area contributed by atoms with Crippen LogP contribution in [0.3, 0.4) is 0 Å². The highest BCUT2D eigenvalue weighted by Crippen LogP contribution is 2.41. The molecule has 11 rings (SSSR count). The Morgan fingerprint density at radius 2 is 0.836 bits per heavy atom. The first-order valence-corrected chi connectivity index (χ1v) is 20.6. The van der Waals surface area contributed by atoms with Gasteiger partial charge in [0.1, 0.15) is 0 Å². The number of pyridine rings is 1. The summed E-state index contributed by atoms with van der Waals surface area (Å²) < 4.78 is 0. The monoisotopic (exact) mass is 778 g/mol. The van der Waals surface area contributed by atoms with Gasteiger partial charge < -0.3 is 4.90 Å². The number of aromatic nitrogens is 3. The van der Waals surface area contributed by atoms with Crippen molar-refractivity contribution in [3.63, 3.8) is 0 Å². The Labute approximate surface area is 354 Å². The average Bonchev–Trinajstić information content (AvgIpc) is 3.35. The summed E-state index contributed by atoms with van der Waals surface area (Å²) in [6.07, 6.45) is 0. The molecule has 4 heteroatoms. The molecule has 0 fully saturated rings. The quantitative estimate of drug-likeness (QED) is 0.144. The number of benzene rings is 9. The number of hydrogen-bond acceptors (Lipinski definition) is 4. The smallest absolute Gasteiger partial charge is 0.160 e. The van der Waals surface area contributed by atoms with Crippen molar-refractivity contribution in [1.82, 2.24) is 15.0 Å². The van der Waals surface area contributed by atoms with Crippen LogP contribution in [-0.2, 0) is 0 Å². The van der Waals surface area contributed by atoms with Crippen LogP contribution in [0, 0.1) is 0 Å². The van der Waals surface area contributed by atoms with E-state index in [1.807, 2.05) is 12.1 Å². The standard InChI is InChI=1S/C57H38N4/c1-5-16-39(17-6-1)40-28-30-43(31-29-40)57-59-52(42-19-7-2-8-20-42)38-53(60-57)44-21-15-22-45(36-44)56-51-34-32-41-18-13-14-27-49(41)55(51)50-35-33-48(37-54(50)58-56)61(46-23-9-3-10-24-46)47-25-11-4-12-26-47/h1-38H. The summed E-state index contributed by atoms with van der Waals surface area (Å²) in [5.41, 5.74) is 13.1. The van der Waals surface area contributed by atoms with E-state index in [2.05, 4.69) is 223 Å². The number of fused-ring (bicyclic) bond motifs is 5. The van der Waals surface area contributed by atoms with Crippen molar-refractivity contribution >= 4 is 49.5 Å². The first kappa shape index (κ1) is 35.9. The molecule has 61 heavy (non-hydrogen) atoms. The van der Waals surface area contributed by atoms with Gasteiger partial charge in [0.25, 0.3) is 0 Å². The summed E-state index contributed by atoms with van der Waals surface area (Å²) in [4.78, 5) is 18.2. The van der Waals surface area contributed by atoms with Gasteiger partial charge in [-0.2, -0.15) is 0 Å². The highest BCUT2D eigenvalue weighted by atomic mass is 15.1. The molecule has 0 atom stereocenters. The summed E-state index contributed by atoms with van der Waals surface area (Å²) in [5.74, 6) is 0.677. The first-order valence-electron chi connectivity index (χ1n) is 20.6. The molecule has 2 heterocycles. The van der Waals surface area contributed by atoms with Gasteiger partial charge in [0.05, 0.1) is 22.6 Å². The first-order chi connectivity index (χ1) is 30.2. The van der Waals surface area contributed by atoms with Gasteiger partial charge in [-0.1, -0.05) is 182 Å². The molecule has 0 aliphatic carbocycles. The molecule has 11 aromatic rings. The maximum absolute atomic E-state index is 5.55. The SMILES string of the molecule is c1ccc(-c2ccc(-c3nc(-c4ccccc4)cc(-c4cccc(-c5nc6cc(N(c7ccccc7)c7ccccc7)ccc6c6c5ccc5ccccc56)c4)n3)cc2)cc1. The van der Waals surface area contributed by atoms with Gasteiger partial charge in [-0.15, -0.1) is 0 Å². The third kappa shape index (κ3) is 6.86. The lowest BCUT2D eigenvalue weighted by molar-refractivity contribution is 1.18. The number of hydrogen-bond donors (Lipinski definition) is 0. The molecule has 0 aliphatic rings. The Hall–Kier alpha value is -8.21. The lowest BCUT2D eigenvalue weighted by atomic mass is 9.94. The Bertz CT molecular complexity index is 3290. The third-order valence-corrected chi connectivity index (χ3v) is 11.4. The number of rotatable bonds is 8. The maximum Gasteiger partial charge on any atom is 0.160 e. The molecule has 0 amide bonds. The highest BCUT2D eigenvalue weighted by molar-refractivity contribution is 6.22. The fourth-order valence-electron chi connectivity index (χ4n) is 8.47. The van der Waals surface area contributed by atoms with Crippen LogP contribution in [0.15, 0.2) is 231 Å². The fraction of sp³-hybridized carbons (Fsp3) is 0. The molecule has 0 radical (unpaired) electrons. The molecular weight excluding hydrogens is 741 g/mol. The van der Waals surface area contributed by atoms with Crippen molar-refractivity contribution in [3.05, 3.63) is 231 Å². The van der Waals surface area contributed by atoms with E-state index in [9.17, 15) is 0 Å². The van der Waals surface area contributed by atoms with E-state index in [1.54, 1.807) is 0 Å². The molecule has 0 aliphatic heterocycles. The number of nitrogens with zero attached hydrogens (tertiary/aromatic N) is 4. The van der Waals surface area contributed by atoms with E-state index < -0.39 is 0 Å². The van der Waals surface area contributed by atoms with Crippen LogP contribution < -0.4 is 4.90 Å². The van der Waals surface area contributed by atoms with E-state index in [-0.39, 0.29) is 0 Å². The molecule has 0 saturated heterocycles. The van der Waals surface area contributed by atoms with Gasteiger partial charge in [-0.3, -0.25) is 0 Å². The van der Waals surface area contributed by atoms with Crippen LogP contribution in [-0.4, -0.2) is 15.0 Å². The predicted octanol–water partition coefficient (Wildman–Crippen LogP) is 15.1. The van der Waals surface area contributed by atoms with Crippen LogP contribution in [0.1, 0.15) is 0 Å². The van der Waals surface area contributed by atoms with Crippen LogP contribution in [0.2, 0.25) is 0 Å². The van der Waals surface area contributed by atoms with Crippen LogP contribution >= 0.6 is 0 Å². The summed E-state index contributed by atoms with van der Waals surface area (Å²) in [6, 6.07) is 80.9. The average molecular weight is 779 g/mol. The van der Waals surface area contributed by atoms with Crippen molar-refractivity contribution in [2.45, 2.75) is 0 Å². The summed E-state index contributed by atoms with van der Waals surface area (Å²) in [7, 11) is 0. The topological polar surface area (TPSA) is 41.9 Å². The van der Waals surface area contributed by atoms with E-state index in [1.165, 1.54) is 21.7 Å². The number of para-hydroxylation sites is 2. The molecule has 2 aromatic heterocycles. The lowest BCUT2D eigenvalue weighted by Gasteiger charge is -2.26. The zero-order valence-electron chi connectivity index (χ0n) is 33.2. The molecule has 0 saturated carbocycles. The van der Waals surface area contributed by atoms with Gasteiger partial charge in [-0.05, 0) is 70.4 Å². The van der Waals surface area contributed by atoms with Gasteiger partial charge in [0, 0.05) is 55.5 Å². The van der Waals surface area contributed by atoms with Gasteiger partial charge in [0.15, 0.2) is 5.82 Å². The fourth-order valence-corrected chi connectivity index (χ4v) is 8.47. The van der Waals surface area contributed by atoms with Gasteiger partial charge in [-0.25, -0.2) is 15.0 Å². The largest absolute Gasteiger partial charge is 0.310 e. The number of anilines is 3. The van der Waals surface area contributed by atoms with Crippen molar-refractivity contribution in [1.29, 1.82) is 0 Å². The zero-order valence-corrected chi connectivity index (χ0v) is 33.2. The van der Waals surface area contributed by atoms with Crippen molar-refractivity contribution in [2.75, 3.05) is 4.90 Å². The predicted molar refractivity (Wildman–Crippen MR) is 254 cm³/mol. The molecule has 4 nitrogen and oxygen atoms in total. The molecule has 0 unspecified atom stereocenters.